The molecule has 0 amide bonds. The zero-order chi connectivity index (χ0) is 27.8. The maximum atomic E-state index is 13.5. The van der Waals surface area contributed by atoms with Gasteiger partial charge in [-0.1, -0.05) is 86.2 Å². The Morgan fingerprint density at radius 2 is 1.74 bits per heavy atom. The molecule has 0 aliphatic heterocycles. The Morgan fingerprint density at radius 1 is 1.05 bits per heavy atom. The Labute approximate surface area is 258 Å². The van der Waals surface area contributed by atoms with Gasteiger partial charge in [-0.25, -0.2) is 4.98 Å². The van der Waals surface area contributed by atoms with Gasteiger partial charge in [0.25, 0.3) is 5.56 Å². The molecule has 0 aliphatic carbocycles. The van der Waals surface area contributed by atoms with Crippen molar-refractivity contribution in [2.45, 2.75) is 32.8 Å². The molecule has 0 aliphatic rings. The molecule has 11 heteroatoms. The number of hydrogen-bond donors (Lipinski definition) is 0. The van der Waals surface area contributed by atoms with Crippen LogP contribution in [-0.2, 0) is 12.0 Å². The minimum absolute atomic E-state index is 0.270. The van der Waals surface area contributed by atoms with Crippen LogP contribution in [0.1, 0.15) is 37.7 Å². The fourth-order valence-electron chi connectivity index (χ4n) is 3.63. The zero-order valence-corrected chi connectivity index (χ0v) is 27.9. The van der Waals surface area contributed by atoms with E-state index in [0.717, 1.165) is 19.0 Å². The topological polar surface area (TPSA) is 65.7 Å². The number of hydrogen-bond acceptors (Lipinski definition) is 5. The number of nitrogens with zero attached hydrogens (tertiary/aromatic N) is 3. The molecule has 0 fully saturated rings. The van der Waals surface area contributed by atoms with E-state index in [-0.39, 0.29) is 12.2 Å². The lowest BCUT2D eigenvalue weighted by Crippen LogP contribution is -2.29. The summed E-state index contributed by atoms with van der Waals surface area (Å²) in [6, 6.07) is 13.0. The first kappa shape index (κ1) is 29.3. The number of fused-ring (bicyclic) bond motifs is 1. The number of ether oxygens (including phenoxy) is 2. The lowest BCUT2D eigenvalue weighted by atomic mass is 9.95. The molecule has 0 radical (unpaired) electrons. The van der Waals surface area contributed by atoms with Gasteiger partial charge in [0.2, 0.25) is 0 Å². The summed E-state index contributed by atoms with van der Waals surface area (Å²) in [4.78, 5) is 18.2. The van der Waals surface area contributed by atoms with Crippen LogP contribution in [0.5, 0.6) is 11.5 Å². The zero-order valence-electron chi connectivity index (χ0n) is 20.8. The molecule has 0 spiro atoms. The maximum absolute atomic E-state index is 13.5. The summed E-state index contributed by atoms with van der Waals surface area (Å²) in [5.74, 6) is 1.34. The van der Waals surface area contributed by atoms with Gasteiger partial charge >= 0.3 is 0 Å². The van der Waals surface area contributed by atoms with E-state index in [4.69, 9.17) is 26.1 Å². The molecule has 3 aromatic carbocycles. The van der Waals surface area contributed by atoms with E-state index >= 15 is 0 Å². The van der Waals surface area contributed by atoms with Gasteiger partial charge < -0.3 is 9.47 Å². The average Bonchev–Trinajstić information content (AvgIpc) is 2.85. The second kappa shape index (κ2) is 11.8. The highest BCUT2D eigenvalue weighted by Crippen LogP contribution is 2.42. The van der Waals surface area contributed by atoms with Crippen molar-refractivity contribution in [2.24, 2.45) is 5.10 Å². The van der Waals surface area contributed by atoms with E-state index in [0.29, 0.717) is 43.3 Å². The Morgan fingerprint density at radius 3 is 2.39 bits per heavy atom. The molecule has 6 nitrogen and oxygen atoms in total. The number of aromatic nitrogens is 2. The number of halogens is 5. The standard InChI is InChI=1S/C27H22Br4ClN3O3/c1-27(2,3)26-34-20-8-7-16(28)10-18(20)25(36)35(26)33-12-15-9-21(37-4)24(23(32)22(15)31)38-13-14-5-6-17(29)11-19(14)30/h5-12H,13H2,1-4H3. The molecular weight excluding hydrogens is 769 g/mol. The summed E-state index contributed by atoms with van der Waals surface area (Å²) in [5, 5.41) is 5.33. The van der Waals surface area contributed by atoms with Crippen molar-refractivity contribution in [3.63, 3.8) is 0 Å². The Bertz CT molecular complexity index is 1630. The van der Waals surface area contributed by atoms with E-state index in [2.05, 4.69) is 68.8 Å². The van der Waals surface area contributed by atoms with E-state index in [9.17, 15) is 4.79 Å². The first-order valence-electron chi connectivity index (χ1n) is 11.3. The second-order valence-corrected chi connectivity index (χ2v) is 13.2. The Balaban J connectivity index is 1.76. The van der Waals surface area contributed by atoms with Crippen LogP contribution in [0.15, 0.2) is 70.3 Å². The summed E-state index contributed by atoms with van der Waals surface area (Å²) < 4.78 is 16.2. The summed E-state index contributed by atoms with van der Waals surface area (Å²) in [7, 11) is 1.54. The largest absolute Gasteiger partial charge is 0.493 e. The van der Waals surface area contributed by atoms with Crippen LogP contribution in [0.4, 0.5) is 0 Å². The molecule has 0 atom stereocenters. The van der Waals surface area contributed by atoms with Crippen molar-refractivity contribution in [3.05, 3.63) is 92.7 Å². The van der Waals surface area contributed by atoms with Crippen LogP contribution in [0.2, 0.25) is 5.02 Å². The van der Waals surface area contributed by atoms with E-state index in [1.54, 1.807) is 18.3 Å². The summed E-state index contributed by atoms with van der Waals surface area (Å²) in [6.45, 7) is 6.22. The monoisotopic (exact) mass is 787 g/mol. The Kier molecular flexibility index (Phi) is 9.09. The summed E-state index contributed by atoms with van der Waals surface area (Å²) in [6.07, 6.45) is 1.55. The molecular formula is C27H22Br4ClN3O3. The van der Waals surface area contributed by atoms with Crippen molar-refractivity contribution in [1.82, 2.24) is 9.66 Å². The first-order chi connectivity index (χ1) is 17.9. The fraction of sp³-hybridized carbons (Fsp3) is 0.222. The molecule has 0 N–H and O–H groups in total. The highest BCUT2D eigenvalue weighted by Gasteiger charge is 2.23. The molecule has 198 valence electrons. The number of methoxy groups -OCH3 is 1. The van der Waals surface area contributed by atoms with Crippen molar-refractivity contribution in [2.75, 3.05) is 7.11 Å². The summed E-state index contributed by atoms with van der Waals surface area (Å²) >= 11 is 20.7. The molecule has 0 saturated carbocycles. The molecule has 1 aromatic heterocycles. The predicted octanol–water partition coefficient (Wildman–Crippen LogP) is 8.87. The normalized spacial score (nSPS) is 11.9. The molecule has 0 bridgehead atoms. The van der Waals surface area contributed by atoms with E-state index in [1.807, 2.05) is 51.1 Å². The summed E-state index contributed by atoms with van der Waals surface area (Å²) in [5.41, 5.74) is 1.44. The maximum Gasteiger partial charge on any atom is 0.282 e. The molecule has 4 aromatic rings. The third-order valence-corrected chi connectivity index (χ3v) is 8.72. The van der Waals surface area contributed by atoms with Crippen LogP contribution in [0.3, 0.4) is 0 Å². The number of benzene rings is 3. The molecule has 4 rings (SSSR count). The van der Waals surface area contributed by atoms with Crippen LogP contribution < -0.4 is 15.0 Å². The van der Waals surface area contributed by atoms with Crippen molar-refractivity contribution < 1.29 is 9.47 Å². The average molecular weight is 792 g/mol. The lowest BCUT2D eigenvalue weighted by molar-refractivity contribution is 0.284. The van der Waals surface area contributed by atoms with Gasteiger partial charge in [-0.05, 0) is 52.3 Å². The first-order valence-corrected chi connectivity index (χ1v) is 14.9. The molecule has 38 heavy (non-hydrogen) atoms. The molecule has 0 unspecified atom stereocenters. The highest BCUT2D eigenvalue weighted by atomic mass is 79.9. The van der Waals surface area contributed by atoms with Gasteiger partial charge in [-0.15, -0.1) is 0 Å². The van der Waals surface area contributed by atoms with Gasteiger partial charge in [0.15, 0.2) is 11.5 Å². The second-order valence-electron chi connectivity index (χ2n) is 9.36. The van der Waals surface area contributed by atoms with Gasteiger partial charge in [0.05, 0.1) is 24.2 Å². The SMILES string of the molecule is COc1cc(C=Nn2c(C(C)(C)C)nc3ccc(Br)cc3c2=O)c(Br)c(Cl)c1OCc1ccc(Br)cc1Br. The quantitative estimate of drug-likeness (QED) is 0.183. The van der Waals surface area contributed by atoms with Crippen molar-refractivity contribution >= 4 is 92.4 Å². The number of rotatable bonds is 6. The fourth-order valence-corrected chi connectivity index (χ4v) is 5.81. The van der Waals surface area contributed by atoms with E-state index in [1.165, 1.54) is 11.8 Å². The highest BCUT2D eigenvalue weighted by molar-refractivity contribution is 9.11. The van der Waals surface area contributed by atoms with Gasteiger partial charge in [-0.2, -0.15) is 9.78 Å². The van der Waals surface area contributed by atoms with Crippen LogP contribution in [-0.4, -0.2) is 23.0 Å². The van der Waals surface area contributed by atoms with Crippen molar-refractivity contribution in [3.8, 4) is 11.5 Å². The third-order valence-electron chi connectivity index (χ3n) is 5.55. The Hall–Kier alpha value is -1.72. The molecule has 0 saturated heterocycles. The smallest absolute Gasteiger partial charge is 0.282 e. The third kappa shape index (κ3) is 6.20. The van der Waals surface area contributed by atoms with Gasteiger partial charge in [0.1, 0.15) is 17.5 Å². The molecule has 1 heterocycles. The minimum atomic E-state index is -0.441. The van der Waals surface area contributed by atoms with Gasteiger partial charge in [0, 0.05) is 34.4 Å². The van der Waals surface area contributed by atoms with Crippen LogP contribution >= 0.6 is 75.3 Å². The van der Waals surface area contributed by atoms with Crippen molar-refractivity contribution in [1.29, 1.82) is 0 Å². The predicted molar refractivity (Wildman–Crippen MR) is 167 cm³/mol. The van der Waals surface area contributed by atoms with Crippen LogP contribution in [0, 0.1) is 0 Å². The van der Waals surface area contributed by atoms with Gasteiger partial charge in [-0.3, -0.25) is 4.79 Å². The van der Waals surface area contributed by atoms with E-state index < -0.39 is 5.41 Å². The lowest BCUT2D eigenvalue weighted by Gasteiger charge is -2.21. The minimum Gasteiger partial charge on any atom is -0.493 e. The van der Waals surface area contributed by atoms with Crippen LogP contribution in [0.25, 0.3) is 10.9 Å².